The minimum absolute atomic E-state index is 0.133. The lowest BCUT2D eigenvalue weighted by Crippen LogP contribution is -2.22. The Kier molecular flexibility index (Phi) is 5.28. The Bertz CT molecular complexity index is 782. The van der Waals surface area contributed by atoms with E-state index < -0.39 is 0 Å². The van der Waals surface area contributed by atoms with Crippen LogP contribution in [0.2, 0.25) is 0 Å². The molecule has 5 nitrogen and oxygen atoms in total. The van der Waals surface area contributed by atoms with E-state index in [0.717, 1.165) is 22.8 Å². The van der Waals surface area contributed by atoms with Crippen molar-refractivity contribution in [2.45, 2.75) is 23.5 Å². The van der Waals surface area contributed by atoms with Gasteiger partial charge in [-0.2, -0.15) is 5.26 Å². The van der Waals surface area contributed by atoms with Crippen LogP contribution < -0.4 is 14.8 Å². The van der Waals surface area contributed by atoms with E-state index in [2.05, 4.69) is 11.4 Å². The van der Waals surface area contributed by atoms with Gasteiger partial charge < -0.3 is 14.8 Å². The van der Waals surface area contributed by atoms with E-state index >= 15 is 0 Å². The van der Waals surface area contributed by atoms with E-state index in [1.165, 1.54) is 23.1 Å². The topological polar surface area (TPSA) is 71.3 Å². The number of anilines is 1. The summed E-state index contributed by atoms with van der Waals surface area (Å²) < 4.78 is 11.3. The molecule has 1 aromatic heterocycles. The van der Waals surface area contributed by atoms with Crippen molar-refractivity contribution in [3.8, 4) is 17.6 Å². The van der Waals surface area contributed by atoms with E-state index in [1.54, 1.807) is 11.4 Å². The number of rotatable bonds is 4. The van der Waals surface area contributed by atoms with Gasteiger partial charge in [-0.25, -0.2) is 0 Å². The molecule has 0 saturated heterocycles. The van der Waals surface area contributed by atoms with Crippen LogP contribution in [-0.2, 0) is 4.79 Å². The number of nitrogens with one attached hydrogen (secondary N) is 1. The summed E-state index contributed by atoms with van der Waals surface area (Å²) in [6.45, 7) is 3.12. The summed E-state index contributed by atoms with van der Waals surface area (Å²) >= 11 is 2.79. The number of carbonyl (C=O) groups excluding carboxylic acids is 1. The fraction of sp³-hybridized carbons (Fsp3) is 0.294. The molecule has 2 heterocycles. The molecule has 1 aliphatic rings. The molecule has 0 spiro atoms. The number of hydrogen-bond acceptors (Lipinski definition) is 6. The molecule has 124 valence electrons. The zero-order valence-electron chi connectivity index (χ0n) is 13.1. The second-order valence-electron chi connectivity index (χ2n) is 5.18. The first kappa shape index (κ1) is 16.7. The molecule has 2 aromatic rings. The van der Waals surface area contributed by atoms with Crippen LogP contribution in [0.3, 0.4) is 0 Å². The largest absolute Gasteiger partial charge is 0.490 e. The minimum atomic E-state index is -0.302. The SMILES string of the molecule is C[C@H](Sc1ccc2c(c1)OCCCO2)C(=O)Nc1sccc1C#N. The summed E-state index contributed by atoms with van der Waals surface area (Å²) in [5, 5.41) is 13.9. The number of nitriles is 1. The standard InChI is InChI=1S/C17H16N2O3S2/c1-11(16(20)19-17-12(10-18)5-8-23-17)24-13-3-4-14-15(9-13)22-7-2-6-21-14/h3-5,8-9,11H,2,6-7H2,1H3,(H,19,20)/t11-/m0/s1. The summed E-state index contributed by atoms with van der Waals surface area (Å²) in [5.41, 5.74) is 0.487. The molecule has 1 aromatic carbocycles. The lowest BCUT2D eigenvalue weighted by atomic mass is 10.3. The molecule has 1 aliphatic heterocycles. The van der Waals surface area contributed by atoms with E-state index in [9.17, 15) is 4.79 Å². The molecule has 1 N–H and O–H groups in total. The van der Waals surface area contributed by atoms with Crippen LogP contribution in [0.15, 0.2) is 34.5 Å². The number of amides is 1. The summed E-state index contributed by atoms with van der Waals surface area (Å²) in [7, 11) is 0. The number of thioether (sulfide) groups is 1. The summed E-state index contributed by atoms with van der Waals surface area (Å²) in [6, 6.07) is 9.47. The van der Waals surface area contributed by atoms with Crippen molar-refractivity contribution in [1.29, 1.82) is 5.26 Å². The van der Waals surface area contributed by atoms with Crippen LogP contribution in [0.1, 0.15) is 18.9 Å². The van der Waals surface area contributed by atoms with Crippen molar-refractivity contribution in [3.63, 3.8) is 0 Å². The predicted octanol–water partition coefficient (Wildman–Crippen LogP) is 3.90. The molecule has 24 heavy (non-hydrogen) atoms. The van der Waals surface area contributed by atoms with Gasteiger partial charge >= 0.3 is 0 Å². The number of nitrogens with zero attached hydrogens (tertiary/aromatic N) is 1. The van der Waals surface area contributed by atoms with Crippen LogP contribution in [0, 0.1) is 11.3 Å². The molecular formula is C17H16N2O3S2. The van der Waals surface area contributed by atoms with Crippen molar-refractivity contribution < 1.29 is 14.3 Å². The van der Waals surface area contributed by atoms with Gasteiger partial charge in [0.25, 0.3) is 0 Å². The predicted molar refractivity (Wildman–Crippen MR) is 95.0 cm³/mol. The lowest BCUT2D eigenvalue weighted by Gasteiger charge is -2.13. The zero-order chi connectivity index (χ0) is 16.9. The normalized spacial score (nSPS) is 14.3. The van der Waals surface area contributed by atoms with E-state index in [-0.39, 0.29) is 11.2 Å². The molecule has 1 amide bonds. The van der Waals surface area contributed by atoms with Gasteiger partial charge in [-0.3, -0.25) is 4.79 Å². The highest BCUT2D eigenvalue weighted by Gasteiger charge is 2.18. The fourth-order valence-corrected chi connectivity index (χ4v) is 3.82. The number of benzene rings is 1. The van der Waals surface area contributed by atoms with Crippen LogP contribution in [0.25, 0.3) is 0 Å². The highest BCUT2D eigenvalue weighted by molar-refractivity contribution is 8.00. The quantitative estimate of drug-likeness (QED) is 0.837. The van der Waals surface area contributed by atoms with E-state index in [4.69, 9.17) is 14.7 Å². The fourth-order valence-electron chi connectivity index (χ4n) is 2.18. The number of thiophene rings is 1. The molecule has 0 radical (unpaired) electrons. The molecule has 0 aliphatic carbocycles. The minimum Gasteiger partial charge on any atom is -0.490 e. The molecular weight excluding hydrogens is 344 g/mol. The third-order valence-electron chi connectivity index (χ3n) is 3.42. The number of hydrogen-bond donors (Lipinski definition) is 1. The maximum atomic E-state index is 12.3. The van der Waals surface area contributed by atoms with Crippen molar-refractivity contribution in [2.75, 3.05) is 18.5 Å². The highest BCUT2D eigenvalue weighted by Crippen LogP contribution is 2.35. The molecule has 0 fully saturated rings. The van der Waals surface area contributed by atoms with Crippen molar-refractivity contribution in [1.82, 2.24) is 0 Å². The summed E-state index contributed by atoms with van der Waals surface area (Å²) in [5.74, 6) is 1.33. The van der Waals surface area contributed by atoms with Crippen LogP contribution >= 0.6 is 23.1 Å². The molecule has 1 atom stereocenters. The summed E-state index contributed by atoms with van der Waals surface area (Å²) in [6.07, 6.45) is 0.859. The Morgan fingerprint density at radius 1 is 1.33 bits per heavy atom. The monoisotopic (exact) mass is 360 g/mol. The Hall–Kier alpha value is -2.17. The van der Waals surface area contributed by atoms with Crippen molar-refractivity contribution in [3.05, 3.63) is 35.2 Å². The molecule has 3 rings (SSSR count). The Morgan fingerprint density at radius 2 is 2.12 bits per heavy atom. The lowest BCUT2D eigenvalue weighted by molar-refractivity contribution is -0.115. The average molecular weight is 360 g/mol. The molecule has 0 unspecified atom stereocenters. The van der Waals surface area contributed by atoms with Crippen molar-refractivity contribution in [2.24, 2.45) is 0 Å². The molecule has 7 heteroatoms. The first-order valence-electron chi connectivity index (χ1n) is 7.52. The molecule has 0 saturated carbocycles. The maximum absolute atomic E-state index is 12.3. The number of fused-ring (bicyclic) bond motifs is 1. The van der Waals surface area contributed by atoms with Crippen LogP contribution in [-0.4, -0.2) is 24.4 Å². The van der Waals surface area contributed by atoms with Crippen molar-refractivity contribution >= 4 is 34.0 Å². The summed E-state index contributed by atoms with van der Waals surface area (Å²) in [4.78, 5) is 13.3. The number of carbonyl (C=O) groups is 1. The van der Waals surface area contributed by atoms with Gasteiger partial charge in [0.05, 0.1) is 24.0 Å². The van der Waals surface area contributed by atoms with Crippen LogP contribution in [0.4, 0.5) is 5.00 Å². The Labute approximate surface area is 148 Å². The second-order valence-corrected chi connectivity index (χ2v) is 7.51. The smallest absolute Gasteiger partial charge is 0.238 e. The third-order valence-corrected chi connectivity index (χ3v) is 5.35. The first-order chi connectivity index (χ1) is 11.7. The highest BCUT2D eigenvalue weighted by atomic mass is 32.2. The van der Waals surface area contributed by atoms with Gasteiger partial charge in [0.1, 0.15) is 11.1 Å². The zero-order valence-corrected chi connectivity index (χ0v) is 14.7. The van der Waals surface area contributed by atoms with Gasteiger partial charge in [0.2, 0.25) is 5.91 Å². The van der Waals surface area contributed by atoms with E-state index in [1.807, 2.05) is 25.1 Å². The van der Waals surface area contributed by atoms with Gasteiger partial charge in [0, 0.05) is 11.3 Å². The Balaban J connectivity index is 1.66. The maximum Gasteiger partial charge on any atom is 0.238 e. The molecule has 0 bridgehead atoms. The second kappa shape index (κ2) is 7.60. The average Bonchev–Trinajstić information content (AvgIpc) is 2.89. The van der Waals surface area contributed by atoms with Crippen LogP contribution in [0.5, 0.6) is 11.5 Å². The number of ether oxygens (including phenoxy) is 2. The third kappa shape index (κ3) is 3.83. The van der Waals surface area contributed by atoms with E-state index in [0.29, 0.717) is 23.8 Å². The van der Waals surface area contributed by atoms with Gasteiger partial charge in [0.15, 0.2) is 11.5 Å². The Morgan fingerprint density at radius 3 is 2.92 bits per heavy atom. The van der Waals surface area contributed by atoms with Gasteiger partial charge in [-0.1, -0.05) is 0 Å². The van der Waals surface area contributed by atoms with Gasteiger partial charge in [-0.15, -0.1) is 23.1 Å². The van der Waals surface area contributed by atoms with Gasteiger partial charge in [-0.05, 0) is 36.6 Å². The first-order valence-corrected chi connectivity index (χ1v) is 9.28.